The van der Waals surface area contributed by atoms with Crippen molar-refractivity contribution in [3.63, 3.8) is 0 Å². The molecule has 18 heavy (non-hydrogen) atoms. The molecule has 1 fully saturated rings. The average molecular weight is 248 g/mol. The molecular weight excluding hydrogens is 232 g/mol. The van der Waals surface area contributed by atoms with Gasteiger partial charge in [-0.3, -0.25) is 4.90 Å². The van der Waals surface area contributed by atoms with E-state index in [0.29, 0.717) is 19.5 Å². The number of fused-ring (bicyclic) bond motifs is 1. The lowest BCUT2D eigenvalue weighted by atomic mass is 10.1. The molecule has 2 N–H and O–H groups in total. The van der Waals surface area contributed by atoms with Crippen molar-refractivity contribution in [1.82, 2.24) is 0 Å². The number of carbonyl (C=O) groups is 1. The standard InChI is InChI=1S/C13H16N2O3/c14-5-3-11-8-15(13(16)18-11)10-1-2-12-9(7-10)4-6-17-12/h1-2,7,11H,3-6,8,14H2. The van der Waals surface area contributed by atoms with Crippen LogP contribution in [0, 0.1) is 0 Å². The number of hydrogen-bond acceptors (Lipinski definition) is 4. The highest BCUT2D eigenvalue weighted by Gasteiger charge is 2.32. The summed E-state index contributed by atoms with van der Waals surface area (Å²) in [6, 6.07) is 5.83. The molecule has 1 atom stereocenters. The first-order chi connectivity index (χ1) is 8.78. The van der Waals surface area contributed by atoms with Gasteiger partial charge in [-0.05, 0) is 36.7 Å². The number of ether oxygens (including phenoxy) is 2. The zero-order valence-electron chi connectivity index (χ0n) is 10.1. The molecular formula is C13H16N2O3. The number of carbonyl (C=O) groups excluding carboxylic acids is 1. The molecule has 1 saturated heterocycles. The first-order valence-electron chi connectivity index (χ1n) is 6.22. The van der Waals surface area contributed by atoms with E-state index in [-0.39, 0.29) is 12.2 Å². The molecule has 5 nitrogen and oxygen atoms in total. The SMILES string of the molecule is NCCC1CN(c2ccc3c(c2)CCO3)C(=O)O1. The lowest BCUT2D eigenvalue weighted by Gasteiger charge is -2.13. The Hall–Kier alpha value is -1.75. The van der Waals surface area contributed by atoms with Crippen LogP contribution in [0.2, 0.25) is 0 Å². The van der Waals surface area contributed by atoms with Crippen LogP contribution < -0.4 is 15.4 Å². The van der Waals surface area contributed by atoms with Crippen LogP contribution in [-0.2, 0) is 11.2 Å². The maximum absolute atomic E-state index is 11.8. The summed E-state index contributed by atoms with van der Waals surface area (Å²) in [5, 5.41) is 0. The van der Waals surface area contributed by atoms with Crippen LogP contribution in [0.1, 0.15) is 12.0 Å². The highest BCUT2D eigenvalue weighted by atomic mass is 16.6. The molecule has 2 aliphatic heterocycles. The number of amides is 1. The predicted molar refractivity (Wildman–Crippen MR) is 66.9 cm³/mol. The maximum Gasteiger partial charge on any atom is 0.414 e. The van der Waals surface area contributed by atoms with Crippen molar-refractivity contribution in [2.75, 3.05) is 24.6 Å². The molecule has 0 aliphatic carbocycles. The number of nitrogens with two attached hydrogens (primary N) is 1. The molecule has 5 heteroatoms. The van der Waals surface area contributed by atoms with Crippen LogP contribution in [0.15, 0.2) is 18.2 Å². The van der Waals surface area contributed by atoms with E-state index in [2.05, 4.69) is 0 Å². The Bertz CT molecular complexity index is 475. The smallest absolute Gasteiger partial charge is 0.414 e. The van der Waals surface area contributed by atoms with E-state index in [9.17, 15) is 4.79 Å². The minimum absolute atomic E-state index is 0.0907. The lowest BCUT2D eigenvalue weighted by molar-refractivity contribution is 0.138. The highest BCUT2D eigenvalue weighted by molar-refractivity contribution is 5.90. The van der Waals surface area contributed by atoms with E-state index in [1.54, 1.807) is 4.90 Å². The van der Waals surface area contributed by atoms with Gasteiger partial charge in [0.05, 0.1) is 13.2 Å². The van der Waals surface area contributed by atoms with Gasteiger partial charge in [0.15, 0.2) is 0 Å². The second-order valence-electron chi connectivity index (χ2n) is 4.58. The van der Waals surface area contributed by atoms with E-state index in [1.165, 1.54) is 0 Å². The van der Waals surface area contributed by atoms with Gasteiger partial charge in [0, 0.05) is 12.1 Å². The molecule has 0 spiro atoms. The molecule has 0 radical (unpaired) electrons. The minimum atomic E-state index is -0.285. The van der Waals surface area contributed by atoms with Crippen LogP contribution in [0.4, 0.5) is 10.5 Å². The van der Waals surface area contributed by atoms with Crippen LogP contribution in [0.3, 0.4) is 0 Å². The highest BCUT2D eigenvalue weighted by Crippen LogP contribution is 2.31. The Morgan fingerprint density at radius 1 is 1.44 bits per heavy atom. The van der Waals surface area contributed by atoms with E-state index in [0.717, 1.165) is 30.0 Å². The monoisotopic (exact) mass is 248 g/mol. The van der Waals surface area contributed by atoms with Crippen molar-refractivity contribution in [2.24, 2.45) is 5.73 Å². The number of hydrogen-bond donors (Lipinski definition) is 1. The molecule has 96 valence electrons. The van der Waals surface area contributed by atoms with Crippen molar-refractivity contribution in [1.29, 1.82) is 0 Å². The Morgan fingerprint density at radius 3 is 3.17 bits per heavy atom. The molecule has 1 aromatic carbocycles. The summed E-state index contributed by atoms with van der Waals surface area (Å²) in [5.74, 6) is 0.921. The third-order valence-electron chi connectivity index (χ3n) is 3.35. The fraction of sp³-hybridized carbons (Fsp3) is 0.462. The van der Waals surface area contributed by atoms with Crippen molar-refractivity contribution in [3.8, 4) is 5.75 Å². The minimum Gasteiger partial charge on any atom is -0.493 e. The van der Waals surface area contributed by atoms with Gasteiger partial charge in [0.25, 0.3) is 0 Å². The first kappa shape index (κ1) is 11.3. The van der Waals surface area contributed by atoms with Crippen LogP contribution in [0.5, 0.6) is 5.75 Å². The van der Waals surface area contributed by atoms with Crippen molar-refractivity contribution in [3.05, 3.63) is 23.8 Å². The predicted octanol–water partition coefficient (Wildman–Crippen LogP) is 1.30. The molecule has 2 aliphatic rings. The summed E-state index contributed by atoms with van der Waals surface area (Å²) in [7, 11) is 0. The Kier molecular flexibility index (Phi) is 2.83. The van der Waals surface area contributed by atoms with Gasteiger partial charge in [-0.15, -0.1) is 0 Å². The van der Waals surface area contributed by atoms with Gasteiger partial charge in [-0.1, -0.05) is 0 Å². The molecule has 2 heterocycles. The van der Waals surface area contributed by atoms with Crippen LogP contribution >= 0.6 is 0 Å². The second kappa shape index (κ2) is 4.49. The summed E-state index contributed by atoms with van der Waals surface area (Å²) in [4.78, 5) is 13.5. The summed E-state index contributed by atoms with van der Waals surface area (Å²) in [6.45, 7) is 1.83. The molecule has 1 amide bonds. The van der Waals surface area contributed by atoms with Gasteiger partial charge in [0.2, 0.25) is 0 Å². The van der Waals surface area contributed by atoms with E-state index >= 15 is 0 Å². The van der Waals surface area contributed by atoms with E-state index < -0.39 is 0 Å². The summed E-state index contributed by atoms with van der Waals surface area (Å²) >= 11 is 0. The van der Waals surface area contributed by atoms with Crippen molar-refractivity contribution >= 4 is 11.8 Å². The third kappa shape index (κ3) is 1.90. The largest absolute Gasteiger partial charge is 0.493 e. The normalized spacial score (nSPS) is 21.7. The number of rotatable bonds is 3. The molecule has 0 aromatic heterocycles. The summed E-state index contributed by atoms with van der Waals surface area (Å²) < 4.78 is 10.7. The third-order valence-corrected chi connectivity index (χ3v) is 3.35. The Labute approximate surface area is 105 Å². The summed E-state index contributed by atoms with van der Waals surface area (Å²) in [5.41, 5.74) is 7.52. The zero-order valence-corrected chi connectivity index (χ0v) is 10.1. The van der Waals surface area contributed by atoms with Gasteiger partial charge < -0.3 is 15.2 Å². The lowest BCUT2D eigenvalue weighted by Crippen LogP contribution is -2.25. The van der Waals surface area contributed by atoms with E-state index in [1.807, 2.05) is 18.2 Å². The number of cyclic esters (lactones) is 1. The van der Waals surface area contributed by atoms with Crippen molar-refractivity contribution in [2.45, 2.75) is 18.9 Å². The first-order valence-corrected chi connectivity index (χ1v) is 6.22. The van der Waals surface area contributed by atoms with Gasteiger partial charge in [-0.2, -0.15) is 0 Å². The number of benzene rings is 1. The number of anilines is 1. The van der Waals surface area contributed by atoms with Crippen LogP contribution in [-0.4, -0.2) is 31.9 Å². The fourth-order valence-corrected chi connectivity index (χ4v) is 2.41. The van der Waals surface area contributed by atoms with Gasteiger partial charge >= 0.3 is 6.09 Å². The quantitative estimate of drug-likeness (QED) is 0.875. The topological polar surface area (TPSA) is 64.8 Å². The Balaban J connectivity index is 1.80. The van der Waals surface area contributed by atoms with Gasteiger partial charge in [-0.25, -0.2) is 4.79 Å². The Morgan fingerprint density at radius 2 is 2.33 bits per heavy atom. The van der Waals surface area contributed by atoms with Gasteiger partial charge in [0.1, 0.15) is 11.9 Å². The second-order valence-corrected chi connectivity index (χ2v) is 4.58. The molecule has 3 rings (SSSR count). The molecule has 0 bridgehead atoms. The molecule has 1 unspecified atom stereocenters. The molecule has 0 saturated carbocycles. The molecule has 1 aromatic rings. The van der Waals surface area contributed by atoms with Crippen LogP contribution in [0.25, 0.3) is 0 Å². The average Bonchev–Trinajstić information content (AvgIpc) is 2.95. The maximum atomic E-state index is 11.8. The number of nitrogens with zero attached hydrogens (tertiary/aromatic N) is 1. The zero-order chi connectivity index (χ0) is 12.5. The van der Waals surface area contributed by atoms with Crippen molar-refractivity contribution < 1.29 is 14.3 Å². The van der Waals surface area contributed by atoms with E-state index in [4.69, 9.17) is 15.2 Å². The fourth-order valence-electron chi connectivity index (χ4n) is 2.41. The summed E-state index contributed by atoms with van der Waals surface area (Å²) in [6.07, 6.45) is 1.23.